The van der Waals surface area contributed by atoms with Gasteiger partial charge in [-0.05, 0) is 48.6 Å². The molecule has 1 aromatic rings. The first-order chi connectivity index (χ1) is 9.58. The smallest absolute Gasteiger partial charge is 0.307 e. The van der Waals surface area contributed by atoms with Crippen LogP contribution < -0.4 is 5.32 Å². The Balaban J connectivity index is 1.93. The minimum absolute atomic E-state index is 0.0115. The van der Waals surface area contributed by atoms with Crippen molar-refractivity contribution in [3.63, 3.8) is 0 Å². The van der Waals surface area contributed by atoms with E-state index in [1.165, 1.54) is 5.56 Å². The monoisotopic (exact) mass is 293 g/mol. The third-order valence-corrected chi connectivity index (χ3v) is 4.33. The van der Waals surface area contributed by atoms with Gasteiger partial charge in [0.25, 0.3) is 0 Å². The van der Waals surface area contributed by atoms with Crippen molar-refractivity contribution in [2.45, 2.75) is 32.2 Å². The Hall–Kier alpha value is -1.62. The van der Waals surface area contributed by atoms with Crippen LogP contribution in [0.2, 0.25) is 0 Å². The number of carbonyl (C=O) groups excluding carboxylic acids is 1. The quantitative estimate of drug-likeness (QED) is 0.820. The molecule has 0 saturated carbocycles. The summed E-state index contributed by atoms with van der Waals surface area (Å²) in [7, 11) is 0. The van der Waals surface area contributed by atoms with Crippen LogP contribution in [-0.4, -0.2) is 23.0 Å². The molecule has 1 aliphatic rings. The van der Waals surface area contributed by atoms with E-state index in [4.69, 9.17) is 0 Å². The molecule has 0 spiro atoms. The third kappa shape index (κ3) is 3.70. The van der Waals surface area contributed by atoms with Gasteiger partial charge in [0.2, 0.25) is 5.91 Å². The molecular formula is C15H19NO3S. The molecule has 2 N–H and O–H groups in total. The van der Waals surface area contributed by atoms with E-state index in [-0.39, 0.29) is 11.9 Å². The van der Waals surface area contributed by atoms with Gasteiger partial charge >= 0.3 is 5.97 Å². The van der Waals surface area contributed by atoms with Gasteiger partial charge in [-0.15, -0.1) is 0 Å². The van der Waals surface area contributed by atoms with Gasteiger partial charge in [-0.2, -0.15) is 11.3 Å². The first-order valence-corrected chi connectivity index (χ1v) is 7.71. The highest BCUT2D eigenvalue weighted by molar-refractivity contribution is 7.07. The Bertz CT molecular complexity index is 495. The molecule has 1 aliphatic carbocycles. The topological polar surface area (TPSA) is 66.4 Å². The van der Waals surface area contributed by atoms with Crippen molar-refractivity contribution in [2.24, 2.45) is 11.8 Å². The number of rotatable bonds is 5. The first kappa shape index (κ1) is 14.8. The van der Waals surface area contributed by atoms with E-state index in [9.17, 15) is 14.7 Å². The van der Waals surface area contributed by atoms with E-state index in [0.717, 1.165) is 6.42 Å². The molecule has 0 fully saturated rings. The Morgan fingerprint density at radius 2 is 2.10 bits per heavy atom. The van der Waals surface area contributed by atoms with E-state index in [1.807, 2.05) is 30.5 Å². The summed E-state index contributed by atoms with van der Waals surface area (Å²) in [6, 6.07) is 2.05. The number of amides is 1. The van der Waals surface area contributed by atoms with E-state index < -0.39 is 17.8 Å². The summed E-state index contributed by atoms with van der Waals surface area (Å²) in [6.45, 7) is 1.95. The molecule has 20 heavy (non-hydrogen) atoms. The Kier molecular flexibility index (Phi) is 4.95. The maximum atomic E-state index is 12.2. The highest BCUT2D eigenvalue weighted by atomic mass is 32.1. The fourth-order valence-corrected chi connectivity index (χ4v) is 3.22. The van der Waals surface area contributed by atoms with Crippen molar-refractivity contribution in [1.82, 2.24) is 5.32 Å². The number of hydrogen-bond acceptors (Lipinski definition) is 3. The van der Waals surface area contributed by atoms with Crippen molar-refractivity contribution in [3.8, 4) is 0 Å². The first-order valence-electron chi connectivity index (χ1n) is 6.77. The molecule has 2 rings (SSSR count). The van der Waals surface area contributed by atoms with Gasteiger partial charge < -0.3 is 10.4 Å². The van der Waals surface area contributed by atoms with Gasteiger partial charge in [-0.1, -0.05) is 12.2 Å². The van der Waals surface area contributed by atoms with E-state index in [2.05, 4.69) is 10.7 Å². The van der Waals surface area contributed by atoms with Crippen LogP contribution in [0.4, 0.5) is 0 Å². The minimum atomic E-state index is -0.889. The SMILES string of the molecule is CC(Cc1ccsc1)NC(=O)C1CC=CCC1C(=O)O. The molecule has 0 bridgehead atoms. The van der Waals surface area contributed by atoms with Gasteiger partial charge in [0.05, 0.1) is 11.8 Å². The van der Waals surface area contributed by atoms with Crippen LogP contribution in [0, 0.1) is 11.8 Å². The predicted octanol–water partition coefficient (Wildman–Crippen LogP) is 2.46. The number of carbonyl (C=O) groups is 2. The molecule has 4 nitrogen and oxygen atoms in total. The summed E-state index contributed by atoms with van der Waals surface area (Å²) in [4.78, 5) is 23.4. The molecule has 1 amide bonds. The summed E-state index contributed by atoms with van der Waals surface area (Å²) in [5.74, 6) is -2.10. The van der Waals surface area contributed by atoms with Gasteiger partial charge in [-0.3, -0.25) is 9.59 Å². The fraction of sp³-hybridized carbons (Fsp3) is 0.467. The maximum Gasteiger partial charge on any atom is 0.307 e. The molecule has 1 heterocycles. The molecule has 0 saturated heterocycles. The molecule has 3 atom stereocenters. The number of aliphatic carboxylic acids is 1. The third-order valence-electron chi connectivity index (χ3n) is 3.60. The van der Waals surface area contributed by atoms with Crippen LogP contribution in [0.25, 0.3) is 0 Å². The molecule has 5 heteroatoms. The minimum Gasteiger partial charge on any atom is -0.481 e. The van der Waals surface area contributed by atoms with Crippen LogP contribution in [0.15, 0.2) is 29.0 Å². The summed E-state index contributed by atoms with van der Waals surface area (Å²) in [6.07, 6.45) is 5.46. The zero-order chi connectivity index (χ0) is 14.5. The second-order valence-electron chi connectivity index (χ2n) is 5.24. The molecular weight excluding hydrogens is 274 g/mol. The number of nitrogens with one attached hydrogen (secondary N) is 1. The molecule has 0 aliphatic heterocycles. The lowest BCUT2D eigenvalue weighted by atomic mass is 9.82. The van der Waals surface area contributed by atoms with Gasteiger partial charge in [0, 0.05) is 6.04 Å². The second-order valence-corrected chi connectivity index (χ2v) is 6.02. The largest absolute Gasteiger partial charge is 0.481 e. The number of thiophene rings is 1. The number of carboxylic acid groups (broad SMARTS) is 1. The lowest BCUT2D eigenvalue weighted by Gasteiger charge is -2.26. The summed E-state index contributed by atoms with van der Waals surface area (Å²) in [5.41, 5.74) is 1.20. The normalized spacial score (nSPS) is 23.2. The lowest BCUT2D eigenvalue weighted by molar-refractivity contribution is -0.147. The Morgan fingerprint density at radius 3 is 2.70 bits per heavy atom. The zero-order valence-corrected chi connectivity index (χ0v) is 12.2. The van der Waals surface area contributed by atoms with Crippen molar-refractivity contribution < 1.29 is 14.7 Å². The molecule has 108 valence electrons. The molecule has 0 radical (unpaired) electrons. The van der Waals surface area contributed by atoms with Gasteiger partial charge in [-0.25, -0.2) is 0 Å². The summed E-state index contributed by atoms with van der Waals surface area (Å²) in [5, 5.41) is 16.2. The molecule has 1 aromatic heterocycles. The van der Waals surface area contributed by atoms with Crippen LogP contribution in [0.1, 0.15) is 25.3 Å². The van der Waals surface area contributed by atoms with E-state index >= 15 is 0 Å². The molecule has 3 unspecified atom stereocenters. The number of hydrogen-bond donors (Lipinski definition) is 2. The van der Waals surface area contributed by atoms with Crippen molar-refractivity contribution >= 4 is 23.2 Å². The summed E-state index contributed by atoms with van der Waals surface area (Å²) >= 11 is 1.63. The maximum absolute atomic E-state index is 12.2. The average Bonchev–Trinajstić information content (AvgIpc) is 2.91. The second kappa shape index (κ2) is 6.70. The standard InChI is InChI=1S/C15H19NO3S/c1-10(8-11-6-7-20-9-11)16-14(17)12-4-2-3-5-13(12)15(18)19/h2-3,6-7,9-10,12-13H,4-5,8H2,1H3,(H,16,17)(H,18,19). The van der Waals surface area contributed by atoms with Crippen LogP contribution in [0.3, 0.4) is 0 Å². The van der Waals surface area contributed by atoms with Crippen molar-refractivity contribution in [1.29, 1.82) is 0 Å². The van der Waals surface area contributed by atoms with Crippen molar-refractivity contribution in [2.75, 3.05) is 0 Å². The number of allylic oxidation sites excluding steroid dienone is 2. The van der Waals surface area contributed by atoms with Gasteiger partial charge in [0.1, 0.15) is 0 Å². The van der Waals surface area contributed by atoms with Crippen LogP contribution >= 0.6 is 11.3 Å². The summed E-state index contributed by atoms with van der Waals surface area (Å²) < 4.78 is 0. The van der Waals surface area contributed by atoms with Crippen molar-refractivity contribution in [3.05, 3.63) is 34.5 Å². The van der Waals surface area contributed by atoms with E-state index in [0.29, 0.717) is 12.8 Å². The number of carboxylic acids is 1. The predicted molar refractivity (Wildman–Crippen MR) is 78.6 cm³/mol. The Morgan fingerprint density at radius 1 is 1.40 bits per heavy atom. The lowest BCUT2D eigenvalue weighted by Crippen LogP contribution is -2.43. The Labute approximate surface area is 122 Å². The molecule has 0 aromatic carbocycles. The van der Waals surface area contributed by atoms with Gasteiger partial charge in [0.15, 0.2) is 0 Å². The average molecular weight is 293 g/mol. The highest BCUT2D eigenvalue weighted by Gasteiger charge is 2.34. The highest BCUT2D eigenvalue weighted by Crippen LogP contribution is 2.26. The van der Waals surface area contributed by atoms with Crippen LogP contribution in [-0.2, 0) is 16.0 Å². The zero-order valence-electron chi connectivity index (χ0n) is 11.4. The van der Waals surface area contributed by atoms with E-state index in [1.54, 1.807) is 11.3 Å². The fourth-order valence-electron chi connectivity index (χ4n) is 2.54. The van der Waals surface area contributed by atoms with Crippen LogP contribution in [0.5, 0.6) is 0 Å².